The van der Waals surface area contributed by atoms with Crippen molar-refractivity contribution in [2.75, 3.05) is 7.11 Å². The van der Waals surface area contributed by atoms with Crippen molar-refractivity contribution < 1.29 is 18.3 Å². The van der Waals surface area contributed by atoms with Crippen LogP contribution in [0, 0.1) is 0 Å². The Hall–Kier alpha value is -2.76. The van der Waals surface area contributed by atoms with Crippen molar-refractivity contribution in [1.29, 1.82) is 0 Å². The van der Waals surface area contributed by atoms with Crippen molar-refractivity contribution in [3.05, 3.63) is 64.9 Å². The molecule has 1 aliphatic carbocycles. The third-order valence-electron chi connectivity index (χ3n) is 5.48. The maximum absolute atomic E-state index is 13.6. The normalized spacial score (nSPS) is 19.9. The van der Waals surface area contributed by atoms with Crippen LogP contribution in [0.15, 0.2) is 42.5 Å². The van der Waals surface area contributed by atoms with Crippen LogP contribution in [0.2, 0.25) is 0 Å². The zero-order valence-electron chi connectivity index (χ0n) is 16.5. The summed E-state index contributed by atoms with van der Waals surface area (Å²) >= 11 is 0. The summed E-state index contributed by atoms with van der Waals surface area (Å²) in [4.78, 5) is 16.3. The van der Waals surface area contributed by atoms with Crippen LogP contribution in [0.4, 0.5) is 8.78 Å². The van der Waals surface area contributed by atoms with E-state index in [9.17, 15) is 13.6 Å². The van der Waals surface area contributed by atoms with Gasteiger partial charge in [0.25, 0.3) is 5.92 Å². The number of carbonyl (C=O) groups is 1. The molecule has 2 fully saturated rings. The molecule has 1 N–H and O–H groups in total. The monoisotopic (exact) mass is 398 g/mol. The Kier molecular flexibility index (Phi) is 5.11. The number of methoxy groups -OCH3 is 1. The Bertz CT molecular complexity index is 944. The van der Waals surface area contributed by atoms with Gasteiger partial charge in [-0.1, -0.05) is 36.4 Å². The topological polar surface area (TPSA) is 51.2 Å². The maximum atomic E-state index is 13.6. The zero-order chi connectivity index (χ0) is 20.6. The lowest BCUT2D eigenvalue weighted by atomic mass is 9.96. The van der Waals surface area contributed by atoms with Gasteiger partial charge in [-0.3, -0.25) is 4.79 Å². The van der Waals surface area contributed by atoms with Gasteiger partial charge in [0.2, 0.25) is 11.8 Å². The minimum atomic E-state index is -2.89. The van der Waals surface area contributed by atoms with E-state index >= 15 is 0 Å². The van der Waals surface area contributed by atoms with Crippen molar-refractivity contribution in [2.24, 2.45) is 0 Å². The van der Waals surface area contributed by atoms with Gasteiger partial charge < -0.3 is 10.1 Å². The Morgan fingerprint density at radius 2 is 1.90 bits per heavy atom. The van der Waals surface area contributed by atoms with Gasteiger partial charge in [0.15, 0.2) is 0 Å². The minimum Gasteiger partial charge on any atom is -0.481 e. The molecule has 4 rings (SSSR count). The summed E-state index contributed by atoms with van der Waals surface area (Å²) < 4.78 is 32.7. The summed E-state index contributed by atoms with van der Waals surface area (Å²) in [5, 5.41) is 2.93. The van der Waals surface area contributed by atoms with Crippen LogP contribution in [-0.2, 0) is 10.7 Å². The first-order valence-corrected chi connectivity index (χ1v) is 9.90. The van der Waals surface area contributed by atoms with Crippen LogP contribution in [-0.4, -0.2) is 24.0 Å². The van der Waals surface area contributed by atoms with E-state index in [0.29, 0.717) is 30.3 Å². The quantitative estimate of drug-likeness (QED) is 0.761. The molecule has 0 spiro atoms. The van der Waals surface area contributed by atoms with E-state index in [1.807, 2.05) is 18.2 Å². The number of aromatic nitrogens is 1. The third kappa shape index (κ3) is 4.31. The largest absolute Gasteiger partial charge is 0.481 e. The highest BCUT2D eigenvalue weighted by Crippen LogP contribution is 2.44. The summed E-state index contributed by atoms with van der Waals surface area (Å²) in [6, 6.07) is 10.1. The number of rotatable bonds is 6. The van der Waals surface area contributed by atoms with E-state index in [1.165, 1.54) is 12.1 Å². The number of nitrogens with one attached hydrogen (secondary N) is 1. The number of carbonyl (C=O) groups excluding carboxylic acids is 1. The summed E-state index contributed by atoms with van der Waals surface area (Å²) in [5.74, 6) is -1.78. The van der Waals surface area contributed by atoms with Crippen molar-refractivity contribution in [2.45, 2.75) is 50.5 Å². The molecule has 1 saturated heterocycles. The van der Waals surface area contributed by atoms with Gasteiger partial charge in [-0.25, -0.2) is 13.8 Å². The summed E-state index contributed by atoms with van der Waals surface area (Å²) in [5.41, 5.74) is 3.33. The van der Waals surface area contributed by atoms with E-state index in [2.05, 4.69) is 5.32 Å². The molecule has 4 nitrogen and oxygen atoms in total. The van der Waals surface area contributed by atoms with Gasteiger partial charge in [-0.05, 0) is 36.8 Å². The number of benzene rings is 1. The van der Waals surface area contributed by atoms with E-state index in [-0.39, 0.29) is 17.5 Å². The predicted molar refractivity (Wildman–Crippen MR) is 107 cm³/mol. The van der Waals surface area contributed by atoms with Crippen molar-refractivity contribution in [1.82, 2.24) is 10.3 Å². The van der Waals surface area contributed by atoms with Crippen LogP contribution < -0.4 is 10.1 Å². The second kappa shape index (κ2) is 7.58. The maximum Gasteiger partial charge on any atom is 0.270 e. The minimum absolute atomic E-state index is 0.0150. The van der Waals surface area contributed by atoms with Crippen LogP contribution in [0.3, 0.4) is 0 Å². The van der Waals surface area contributed by atoms with Gasteiger partial charge in [0, 0.05) is 36.1 Å². The first kappa shape index (κ1) is 19.6. The number of ether oxygens (including phenoxy) is 1. The summed E-state index contributed by atoms with van der Waals surface area (Å²) in [7, 11) is 1.61. The molecule has 0 unspecified atom stereocenters. The predicted octanol–water partition coefficient (Wildman–Crippen LogP) is 4.79. The van der Waals surface area contributed by atoms with E-state index in [4.69, 9.17) is 9.72 Å². The number of hydrogen-bond acceptors (Lipinski definition) is 3. The Morgan fingerprint density at radius 1 is 1.17 bits per heavy atom. The van der Waals surface area contributed by atoms with Gasteiger partial charge in [-0.2, -0.15) is 0 Å². The van der Waals surface area contributed by atoms with Gasteiger partial charge in [-0.15, -0.1) is 0 Å². The van der Waals surface area contributed by atoms with Crippen LogP contribution in [0.5, 0.6) is 5.88 Å². The Labute approximate surface area is 169 Å². The number of nitrogens with zero attached hydrogens (tertiary/aromatic N) is 1. The molecule has 2 aromatic rings. The average molecular weight is 398 g/mol. The molecule has 2 aliphatic rings. The highest BCUT2D eigenvalue weighted by molar-refractivity contribution is 5.82. The molecule has 1 aromatic heterocycles. The number of alkyl halides is 2. The van der Waals surface area contributed by atoms with E-state index in [0.717, 1.165) is 36.5 Å². The smallest absolute Gasteiger partial charge is 0.270 e. The molecule has 1 saturated carbocycles. The molecule has 1 aliphatic heterocycles. The number of pyridine rings is 1. The van der Waals surface area contributed by atoms with E-state index < -0.39 is 5.92 Å². The fraction of sp³-hybridized carbons (Fsp3) is 0.391. The molecule has 0 radical (unpaired) electrons. The fourth-order valence-corrected chi connectivity index (χ4v) is 3.71. The van der Waals surface area contributed by atoms with Gasteiger partial charge in [0.05, 0.1) is 12.8 Å². The van der Waals surface area contributed by atoms with Crippen molar-refractivity contribution in [3.8, 4) is 5.88 Å². The first-order chi connectivity index (χ1) is 13.8. The average Bonchev–Trinajstić information content (AvgIpc) is 3.46. The second-order valence-electron chi connectivity index (χ2n) is 7.83. The molecular formula is C23H24F2N2O2. The Morgan fingerprint density at radius 3 is 2.45 bits per heavy atom. The molecule has 0 bridgehead atoms. The van der Waals surface area contributed by atoms with E-state index in [1.54, 1.807) is 19.2 Å². The van der Waals surface area contributed by atoms with Crippen LogP contribution >= 0.6 is 0 Å². The van der Waals surface area contributed by atoms with Crippen molar-refractivity contribution >= 4 is 11.5 Å². The number of amides is 1. The fourth-order valence-electron chi connectivity index (χ4n) is 3.71. The molecule has 1 aromatic carbocycles. The lowest BCUT2D eigenvalue weighted by Gasteiger charge is -2.16. The number of halogens is 2. The lowest BCUT2D eigenvalue weighted by Crippen LogP contribution is -2.23. The van der Waals surface area contributed by atoms with Crippen LogP contribution in [0.1, 0.15) is 60.9 Å². The highest BCUT2D eigenvalue weighted by Gasteiger charge is 2.29. The highest BCUT2D eigenvalue weighted by atomic mass is 19.3. The zero-order valence-corrected chi connectivity index (χ0v) is 16.5. The standard InChI is InChI=1S/C23H24F2N2O2/c1-23(24,25)16-7-5-15(6-8-16)19(13-17-9-12-21(28)26-17)20-11-10-18(14-3-4-14)22(27-20)29-2/h5-8,10-11,13-14,17H,3-4,9,12H2,1-2H3,(H,26,28)/b19-13-/t17-/m1/s1. The lowest BCUT2D eigenvalue weighted by molar-refractivity contribution is -0.119. The summed E-state index contributed by atoms with van der Waals surface area (Å²) in [6.07, 6.45) is 5.42. The number of hydrogen-bond donors (Lipinski definition) is 1. The molecule has 1 atom stereocenters. The van der Waals surface area contributed by atoms with Gasteiger partial charge in [0.1, 0.15) is 0 Å². The first-order valence-electron chi connectivity index (χ1n) is 9.90. The molecule has 29 heavy (non-hydrogen) atoms. The molecular weight excluding hydrogens is 374 g/mol. The SMILES string of the molecule is COc1nc(/C(=C\[C@H]2CCC(=O)N2)c2ccc(C(C)(F)F)cc2)ccc1C1CC1. The van der Waals surface area contributed by atoms with Crippen LogP contribution in [0.25, 0.3) is 5.57 Å². The van der Waals surface area contributed by atoms with Gasteiger partial charge >= 0.3 is 0 Å². The molecule has 6 heteroatoms. The molecule has 152 valence electrons. The Balaban J connectivity index is 1.74. The van der Waals surface area contributed by atoms with Crippen molar-refractivity contribution in [3.63, 3.8) is 0 Å². The third-order valence-corrected chi connectivity index (χ3v) is 5.48. The molecule has 2 heterocycles. The second-order valence-corrected chi connectivity index (χ2v) is 7.83. The summed E-state index contributed by atoms with van der Waals surface area (Å²) in [6.45, 7) is 0.885. The molecule has 1 amide bonds.